The molecule has 0 aliphatic rings. The minimum absolute atomic E-state index is 0.00238. The minimum Gasteiger partial charge on any atom is -0.506 e. The van der Waals surface area contributed by atoms with E-state index in [1.165, 1.54) is 25.1 Å². The summed E-state index contributed by atoms with van der Waals surface area (Å²) in [4.78, 5) is 32.1. The van der Waals surface area contributed by atoms with Crippen LogP contribution in [0.4, 0.5) is 8.78 Å². The molecule has 4 N–H and O–H groups in total. The van der Waals surface area contributed by atoms with E-state index in [1.54, 1.807) is 30.3 Å². The number of para-hydroxylation sites is 2. The zero-order chi connectivity index (χ0) is 25.1. The normalized spacial score (nSPS) is 12.8. The van der Waals surface area contributed by atoms with Gasteiger partial charge in [0.25, 0.3) is 0 Å². The molecule has 0 saturated heterocycles. The zero-order valence-corrected chi connectivity index (χ0v) is 18.5. The summed E-state index contributed by atoms with van der Waals surface area (Å²) in [7, 11) is 0. The van der Waals surface area contributed by atoms with E-state index in [0.29, 0.717) is 22.7 Å². The fourth-order valence-corrected chi connectivity index (χ4v) is 3.62. The Balaban J connectivity index is 1.83. The monoisotopic (exact) mass is 477 g/mol. The largest absolute Gasteiger partial charge is 0.506 e. The molecule has 0 radical (unpaired) electrons. The lowest BCUT2D eigenvalue weighted by atomic mass is 9.96. The maximum Gasteiger partial charge on any atom is 0.216 e. The third-order valence-electron chi connectivity index (χ3n) is 5.30. The van der Waals surface area contributed by atoms with Crippen LogP contribution in [0.3, 0.4) is 0 Å². The van der Waals surface area contributed by atoms with E-state index >= 15 is 0 Å². The smallest absolute Gasteiger partial charge is 0.216 e. The first-order valence-corrected chi connectivity index (χ1v) is 10.6. The van der Waals surface area contributed by atoms with Gasteiger partial charge in [-0.3, -0.25) is 9.59 Å². The van der Waals surface area contributed by atoms with Gasteiger partial charge in [-0.25, -0.2) is 13.8 Å². The Kier molecular flexibility index (Phi) is 6.70. The van der Waals surface area contributed by atoms with Crippen LogP contribution in [0, 0.1) is 11.6 Å². The number of halogens is 2. The zero-order valence-electron chi connectivity index (χ0n) is 18.5. The van der Waals surface area contributed by atoms with E-state index in [0.717, 1.165) is 12.1 Å². The van der Waals surface area contributed by atoms with Gasteiger partial charge in [-0.05, 0) is 35.9 Å². The molecule has 0 aliphatic heterocycles. The standard InChI is InChI=1S/C26H21F2N3O4/c1-14(32)29-13-22(33)15-5-4-6-16(9-15)24(34)23(25(35)17-10-18(27)12-19(28)11-17)26-30-20-7-2-3-8-21(20)31-26/h2-12,22,33,35H,13H2,1H3,(H,29,32)(H,30,31)/b25-23-. The molecule has 1 atom stereocenters. The van der Waals surface area contributed by atoms with E-state index in [1.807, 2.05) is 0 Å². The second-order valence-electron chi connectivity index (χ2n) is 7.89. The highest BCUT2D eigenvalue weighted by Crippen LogP contribution is 2.29. The molecule has 9 heteroatoms. The lowest BCUT2D eigenvalue weighted by Gasteiger charge is -2.13. The second-order valence-corrected chi connectivity index (χ2v) is 7.89. The summed E-state index contributed by atoms with van der Waals surface area (Å²) in [6, 6.07) is 15.4. The molecule has 1 aromatic heterocycles. The SMILES string of the molecule is CC(=O)NCC(O)c1cccc(C(=O)/C(=C(/O)c2cc(F)cc(F)c2)c2nc3ccccc3[nH]2)c1. The predicted molar refractivity (Wildman–Crippen MR) is 126 cm³/mol. The summed E-state index contributed by atoms with van der Waals surface area (Å²) in [5, 5.41) is 23.9. The van der Waals surface area contributed by atoms with Crippen LogP contribution in [0.5, 0.6) is 0 Å². The molecule has 3 aromatic carbocycles. The molecule has 1 unspecified atom stereocenters. The van der Waals surface area contributed by atoms with Crippen LogP contribution in [0.1, 0.15) is 40.3 Å². The van der Waals surface area contributed by atoms with E-state index in [2.05, 4.69) is 15.3 Å². The van der Waals surface area contributed by atoms with Crippen LogP contribution in [-0.4, -0.2) is 38.4 Å². The van der Waals surface area contributed by atoms with E-state index in [-0.39, 0.29) is 35.0 Å². The minimum atomic E-state index is -1.09. The number of ketones is 1. The molecule has 0 spiro atoms. The Labute approximate surface area is 198 Å². The summed E-state index contributed by atoms with van der Waals surface area (Å²) in [6.07, 6.45) is -1.09. The van der Waals surface area contributed by atoms with Crippen LogP contribution < -0.4 is 5.32 Å². The third-order valence-corrected chi connectivity index (χ3v) is 5.30. The lowest BCUT2D eigenvalue weighted by Crippen LogP contribution is -2.25. The topological polar surface area (TPSA) is 115 Å². The van der Waals surface area contributed by atoms with Gasteiger partial charge >= 0.3 is 0 Å². The summed E-state index contributed by atoms with van der Waals surface area (Å²) >= 11 is 0. The second kappa shape index (κ2) is 9.86. The number of Topliss-reactive ketones (excluding diaryl/α,β-unsaturated/α-hetero) is 1. The van der Waals surface area contributed by atoms with Crippen LogP contribution in [-0.2, 0) is 4.79 Å². The van der Waals surface area contributed by atoms with Gasteiger partial charge in [0.05, 0.1) is 17.1 Å². The third kappa shape index (κ3) is 5.25. The number of allylic oxidation sites excluding steroid dienone is 1. The molecule has 7 nitrogen and oxygen atoms in total. The molecule has 0 saturated carbocycles. The molecule has 4 rings (SSSR count). The van der Waals surface area contributed by atoms with Crippen molar-refractivity contribution in [3.05, 3.63) is 101 Å². The number of fused-ring (bicyclic) bond motifs is 1. The average molecular weight is 477 g/mol. The number of nitrogens with one attached hydrogen (secondary N) is 2. The Hall–Kier alpha value is -4.37. The number of benzene rings is 3. The number of nitrogens with zero attached hydrogens (tertiary/aromatic N) is 1. The van der Waals surface area contributed by atoms with Gasteiger partial charge in [0, 0.05) is 30.7 Å². The number of aromatic nitrogens is 2. The van der Waals surface area contributed by atoms with Crippen LogP contribution in [0.25, 0.3) is 22.4 Å². The van der Waals surface area contributed by atoms with Gasteiger partial charge in [0.2, 0.25) is 11.7 Å². The van der Waals surface area contributed by atoms with Gasteiger partial charge in [-0.2, -0.15) is 0 Å². The number of imidazole rings is 1. The Morgan fingerprint density at radius 1 is 1.00 bits per heavy atom. The quantitative estimate of drug-likeness (QED) is 0.180. The van der Waals surface area contributed by atoms with Crippen LogP contribution in [0.15, 0.2) is 66.7 Å². The molecule has 1 amide bonds. The molecule has 0 fully saturated rings. The number of aliphatic hydroxyl groups excluding tert-OH is 2. The number of aromatic amines is 1. The van der Waals surface area contributed by atoms with Gasteiger partial charge in [0.1, 0.15) is 28.8 Å². The first-order valence-electron chi connectivity index (χ1n) is 10.6. The maximum absolute atomic E-state index is 13.9. The first-order chi connectivity index (χ1) is 16.7. The van der Waals surface area contributed by atoms with Crippen molar-refractivity contribution >= 4 is 34.1 Å². The molecule has 0 bridgehead atoms. The van der Waals surface area contributed by atoms with Crippen molar-refractivity contribution < 1.29 is 28.6 Å². The van der Waals surface area contributed by atoms with Crippen molar-refractivity contribution in [2.45, 2.75) is 13.0 Å². The summed E-state index contributed by atoms with van der Waals surface area (Å²) in [5.74, 6) is -3.53. The first kappa shape index (κ1) is 23.8. The van der Waals surface area contributed by atoms with Gasteiger partial charge in [-0.1, -0.05) is 30.3 Å². The molecule has 4 aromatic rings. The Morgan fingerprint density at radius 2 is 1.71 bits per heavy atom. The number of carbonyl (C=O) groups excluding carboxylic acids is 2. The molecular formula is C26H21F2N3O4. The molecule has 1 heterocycles. The number of hydrogen-bond donors (Lipinski definition) is 4. The summed E-state index contributed by atoms with van der Waals surface area (Å²) in [5.41, 5.74) is 0.997. The van der Waals surface area contributed by atoms with Crippen LogP contribution >= 0.6 is 0 Å². The molecule has 35 heavy (non-hydrogen) atoms. The van der Waals surface area contributed by atoms with Crippen molar-refractivity contribution in [1.82, 2.24) is 15.3 Å². The van der Waals surface area contributed by atoms with Crippen molar-refractivity contribution in [1.29, 1.82) is 0 Å². The number of H-pyrrole nitrogens is 1. The van der Waals surface area contributed by atoms with Crippen molar-refractivity contribution in [2.75, 3.05) is 6.54 Å². The average Bonchev–Trinajstić information content (AvgIpc) is 3.25. The fraction of sp³-hybridized carbons (Fsp3) is 0.115. The predicted octanol–water partition coefficient (Wildman–Crippen LogP) is 4.32. The summed E-state index contributed by atoms with van der Waals surface area (Å²) in [6.45, 7) is 1.25. The van der Waals surface area contributed by atoms with E-state index < -0.39 is 29.3 Å². The van der Waals surface area contributed by atoms with Gasteiger partial charge < -0.3 is 20.5 Å². The Bertz CT molecular complexity index is 1410. The molecule has 0 aliphatic carbocycles. The summed E-state index contributed by atoms with van der Waals surface area (Å²) < 4.78 is 27.8. The fourth-order valence-electron chi connectivity index (χ4n) is 3.62. The van der Waals surface area contributed by atoms with Crippen LogP contribution in [0.2, 0.25) is 0 Å². The van der Waals surface area contributed by atoms with Crippen molar-refractivity contribution in [2.24, 2.45) is 0 Å². The number of rotatable bonds is 7. The number of amides is 1. The Morgan fingerprint density at radius 3 is 2.40 bits per heavy atom. The molecule has 178 valence electrons. The number of hydrogen-bond acceptors (Lipinski definition) is 5. The van der Waals surface area contributed by atoms with Crippen molar-refractivity contribution in [3.63, 3.8) is 0 Å². The van der Waals surface area contributed by atoms with E-state index in [4.69, 9.17) is 0 Å². The van der Waals surface area contributed by atoms with Crippen molar-refractivity contribution in [3.8, 4) is 0 Å². The highest BCUT2D eigenvalue weighted by Gasteiger charge is 2.25. The van der Waals surface area contributed by atoms with Gasteiger partial charge in [0.15, 0.2) is 0 Å². The highest BCUT2D eigenvalue weighted by atomic mass is 19.1. The molecular weight excluding hydrogens is 456 g/mol. The van der Waals surface area contributed by atoms with Gasteiger partial charge in [-0.15, -0.1) is 0 Å². The lowest BCUT2D eigenvalue weighted by molar-refractivity contribution is -0.119. The highest BCUT2D eigenvalue weighted by molar-refractivity contribution is 6.33. The maximum atomic E-state index is 13.9. The number of aliphatic hydroxyl groups is 2. The number of carbonyl (C=O) groups is 2. The van der Waals surface area contributed by atoms with E-state index in [9.17, 15) is 28.6 Å².